The van der Waals surface area contributed by atoms with Crippen LogP contribution in [-0.4, -0.2) is 39.4 Å². The lowest BCUT2D eigenvalue weighted by Crippen LogP contribution is -2.10. The summed E-state index contributed by atoms with van der Waals surface area (Å²) < 4.78 is 24.2. The number of hydrogen-bond acceptors (Lipinski definition) is 10. The molecule has 0 aliphatic carbocycles. The Bertz CT molecular complexity index is 2250. The minimum Gasteiger partial charge on any atom is -0.488 e. The molecule has 0 aromatic carbocycles. The zero-order valence-electron chi connectivity index (χ0n) is 24.7. The maximum absolute atomic E-state index is 6.07. The summed E-state index contributed by atoms with van der Waals surface area (Å²) in [6, 6.07) is 8.01. The highest BCUT2D eigenvalue weighted by Crippen LogP contribution is 2.39. The molecular formula is C36H22N4O4S4. The van der Waals surface area contributed by atoms with Crippen molar-refractivity contribution in [2.24, 2.45) is 0 Å². The molecule has 8 bridgehead atoms. The highest BCUT2D eigenvalue weighted by atomic mass is 32.1. The maximum Gasteiger partial charge on any atom is 0.162 e. The van der Waals surface area contributed by atoms with Crippen molar-refractivity contribution in [2.75, 3.05) is 0 Å². The van der Waals surface area contributed by atoms with Gasteiger partial charge in [0.15, 0.2) is 24.4 Å². The number of nitrogens with one attached hydrogen (secondary N) is 2. The van der Waals surface area contributed by atoms with E-state index in [1.54, 1.807) is 49.4 Å². The van der Waals surface area contributed by atoms with Crippen LogP contribution in [0.4, 0.5) is 0 Å². The van der Waals surface area contributed by atoms with Crippen molar-refractivity contribution in [1.29, 1.82) is 0 Å². The Morgan fingerprint density at radius 1 is 0.396 bits per heavy atom. The van der Waals surface area contributed by atoms with E-state index >= 15 is 0 Å². The maximum atomic E-state index is 6.07. The van der Waals surface area contributed by atoms with E-state index in [1.807, 2.05) is 48.6 Å². The second kappa shape index (κ2) is 11.4. The summed E-state index contributed by atoms with van der Waals surface area (Å²) in [4.78, 5) is 20.1. The third-order valence-corrected chi connectivity index (χ3v) is 10.2. The second-order valence-corrected chi connectivity index (χ2v) is 13.4. The molecule has 0 spiro atoms. The molecule has 9 heterocycles. The van der Waals surface area contributed by atoms with Gasteiger partial charge in [-0.2, -0.15) is 0 Å². The Morgan fingerprint density at radius 2 is 0.688 bits per heavy atom. The molecule has 4 atom stereocenters. The summed E-state index contributed by atoms with van der Waals surface area (Å²) >= 11 is 23.0. The summed E-state index contributed by atoms with van der Waals surface area (Å²) in [6.45, 7) is 0. The molecule has 3 aromatic heterocycles. The highest BCUT2D eigenvalue weighted by Gasteiger charge is 2.32. The molecule has 9 rings (SSSR count). The predicted molar refractivity (Wildman–Crippen MR) is 201 cm³/mol. The van der Waals surface area contributed by atoms with Gasteiger partial charge in [0.1, 0.15) is 0 Å². The van der Waals surface area contributed by atoms with Gasteiger partial charge in [-0.15, -0.1) is 0 Å². The fourth-order valence-corrected chi connectivity index (χ4v) is 7.51. The lowest BCUT2D eigenvalue weighted by Gasteiger charge is -2.15. The number of nitrogens with zero attached hydrogens (tertiary/aromatic N) is 2. The van der Waals surface area contributed by atoms with E-state index in [1.165, 1.54) is 0 Å². The minimum atomic E-state index is -0.553. The van der Waals surface area contributed by atoms with Crippen molar-refractivity contribution in [1.82, 2.24) is 19.9 Å². The Morgan fingerprint density at radius 3 is 1.02 bits per heavy atom. The molecule has 12 heteroatoms. The van der Waals surface area contributed by atoms with Crippen LogP contribution < -0.4 is 0 Å². The number of rotatable bonds is 4. The van der Waals surface area contributed by atoms with Crippen molar-refractivity contribution in [3.05, 3.63) is 119 Å². The second-order valence-electron chi connectivity index (χ2n) is 11.5. The van der Waals surface area contributed by atoms with Gasteiger partial charge < -0.3 is 28.9 Å². The van der Waals surface area contributed by atoms with Crippen LogP contribution in [-0.2, 0) is 18.9 Å². The van der Waals surface area contributed by atoms with Crippen LogP contribution in [0.25, 0.3) is 46.4 Å². The summed E-state index contributed by atoms with van der Waals surface area (Å²) in [5.41, 5.74) is 9.01. The minimum absolute atomic E-state index is 0.506. The lowest BCUT2D eigenvalue weighted by molar-refractivity contribution is 0.220. The predicted octanol–water partition coefficient (Wildman–Crippen LogP) is 8.48. The first kappa shape index (κ1) is 29.3. The smallest absolute Gasteiger partial charge is 0.162 e. The Labute approximate surface area is 295 Å². The summed E-state index contributed by atoms with van der Waals surface area (Å²) in [5, 5.41) is 0. The molecule has 8 nitrogen and oxygen atoms in total. The van der Waals surface area contributed by atoms with Crippen molar-refractivity contribution in [2.45, 2.75) is 24.4 Å². The molecule has 0 saturated carbocycles. The molecule has 4 unspecified atom stereocenters. The van der Waals surface area contributed by atoms with E-state index in [-0.39, 0.29) is 0 Å². The van der Waals surface area contributed by atoms with Gasteiger partial charge >= 0.3 is 0 Å². The SMILES string of the molecule is S=C1C=COC1c1c2nc(c(C3OC=CC3=S)c3ccc([nH]3)c(C3OC=CC3=S)c3ccc([nH]3)c(C3OC=CC3=S)c3nc1C=C3)C=C2. The first-order valence-electron chi connectivity index (χ1n) is 15.0. The fraction of sp³-hybridized carbons (Fsp3) is 0.111. The van der Waals surface area contributed by atoms with E-state index in [9.17, 15) is 0 Å². The van der Waals surface area contributed by atoms with Gasteiger partial charge in [-0.3, -0.25) is 0 Å². The van der Waals surface area contributed by atoms with Gasteiger partial charge in [0.25, 0.3) is 0 Å². The Kier molecular flexibility index (Phi) is 6.94. The summed E-state index contributed by atoms with van der Waals surface area (Å²) in [6.07, 6.45) is 19.3. The van der Waals surface area contributed by atoms with Crippen molar-refractivity contribution < 1.29 is 18.9 Å². The van der Waals surface area contributed by atoms with Crippen LogP contribution in [0.3, 0.4) is 0 Å². The van der Waals surface area contributed by atoms with Crippen LogP contribution in [0.5, 0.6) is 0 Å². The molecule has 0 saturated heterocycles. The largest absolute Gasteiger partial charge is 0.488 e. The fourth-order valence-electron chi connectivity index (χ4n) is 6.60. The standard InChI is InChI=1S/C36H22N4O4S4/c45-25-9-13-41-33(25)29-17-1-2-18(37-17)30(34-26(46)10-14-42-34)20-5-6-22(39-20)32(36-28(48)12-16-44-36)24-8-7-23(40-24)31(21-4-3-19(29)38-21)35-27(47)11-15-43-35/h1-16,33-38H. The molecule has 6 aliphatic heterocycles. The quantitative estimate of drug-likeness (QED) is 0.178. The van der Waals surface area contributed by atoms with Crippen LogP contribution in [0.1, 0.15) is 69.4 Å². The molecule has 0 amide bonds. The van der Waals surface area contributed by atoms with Gasteiger partial charge in [0, 0.05) is 44.3 Å². The monoisotopic (exact) mass is 702 g/mol. The Hall–Kier alpha value is -4.88. The van der Waals surface area contributed by atoms with Gasteiger partial charge in [0.05, 0.1) is 67.3 Å². The van der Waals surface area contributed by atoms with Crippen molar-refractivity contribution in [3.8, 4) is 0 Å². The van der Waals surface area contributed by atoms with E-state index in [2.05, 4.69) is 9.97 Å². The molecule has 3 aromatic rings. The molecule has 0 fully saturated rings. The number of thiocarbonyl (C=S) groups is 4. The summed E-state index contributed by atoms with van der Waals surface area (Å²) in [5.74, 6) is 0. The number of hydrogen-bond donors (Lipinski definition) is 2. The third-order valence-electron chi connectivity index (χ3n) is 8.79. The van der Waals surface area contributed by atoms with Crippen LogP contribution in [0, 0.1) is 0 Å². The number of H-pyrrole nitrogens is 2. The van der Waals surface area contributed by atoms with Crippen LogP contribution in [0.2, 0.25) is 0 Å². The topological polar surface area (TPSA) is 94.3 Å². The molecule has 6 aliphatic rings. The third kappa shape index (κ3) is 4.66. The Balaban J connectivity index is 1.43. The zero-order chi connectivity index (χ0) is 32.5. The van der Waals surface area contributed by atoms with Crippen molar-refractivity contribution >= 4 is 115 Å². The first-order chi connectivity index (χ1) is 23.4. The van der Waals surface area contributed by atoms with E-state index < -0.39 is 24.4 Å². The highest BCUT2D eigenvalue weighted by molar-refractivity contribution is 7.81. The number of ether oxygens (including phenoxy) is 4. The lowest BCUT2D eigenvalue weighted by atomic mass is 10.0. The number of fused-ring (bicyclic) bond motifs is 8. The number of aromatic nitrogens is 4. The molecule has 48 heavy (non-hydrogen) atoms. The van der Waals surface area contributed by atoms with Crippen LogP contribution in [0.15, 0.2) is 73.6 Å². The zero-order valence-corrected chi connectivity index (χ0v) is 28.0. The van der Waals surface area contributed by atoms with Crippen LogP contribution >= 0.6 is 48.9 Å². The van der Waals surface area contributed by atoms with Gasteiger partial charge in [-0.1, -0.05) is 48.9 Å². The molecule has 2 N–H and O–H groups in total. The number of aromatic amines is 2. The summed E-state index contributed by atoms with van der Waals surface area (Å²) in [7, 11) is 0. The van der Waals surface area contributed by atoms with E-state index in [0.29, 0.717) is 42.2 Å². The average Bonchev–Trinajstić information content (AvgIpc) is 3.91. The van der Waals surface area contributed by atoms with Gasteiger partial charge in [-0.25, -0.2) is 9.97 Å². The van der Waals surface area contributed by atoms with Crippen molar-refractivity contribution in [3.63, 3.8) is 0 Å². The molecule has 234 valence electrons. The average molecular weight is 703 g/mol. The van der Waals surface area contributed by atoms with E-state index in [4.69, 9.17) is 77.8 Å². The normalized spacial score (nSPS) is 23.3. The first-order valence-corrected chi connectivity index (χ1v) is 16.7. The van der Waals surface area contributed by atoms with Gasteiger partial charge in [0.2, 0.25) is 0 Å². The molecular weight excluding hydrogens is 681 g/mol. The van der Waals surface area contributed by atoms with Gasteiger partial charge in [-0.05, 0) is 72.9 Å². The molecule has 0 radical (unpaired) electrons. The van der Waals surface area contributed by atoms with E-state index in [0.717, 1.165) is 44.3 Å².